The summed E-state index contributed by atoms with van der Waals surface area (Å²) in [5.41, 5.74) is 1.69. The Balaban J connectivity index is 1.59. The summed E-state index contributed by atoms with van der Waals surface area (Å²) in [6.07, 6.45) is 1.80. The molecule has 0 aromatic heterocycles. The lowest BCUT2D eigenvalue weighted by Crippen LogP contribution is -2.35. The molecular formula is C17H19N3O5S. The number of imide groups is 1. The predicted octanol–water partition coefficient (Wildman–Crippen LogP) is 0.288. The van der Waals surface area contributed by atoms with Crippen molar-refractivity contribution >= 4 is 33.2 Å². The second kappa shape index (κ2) is 6.91. The second-order valence-corrected chi connectivity index (χ2v) is 8.62. The topological polar surface area (TPSA) is 113 Å². The van der Waals surface area contributed by atoms with Crippen molar-refractivity contribution in [3.05, 3.63) is 41.6 Å². The Morgan fingerprint density at radius 2 is 1.88 bits per heavy atom. The molecule has 1 unspecified atom stereocenters. The third-order valence-corrected chi connectivity index (χ3v) is 6.06. The first-order valence-electron chi connectivity index (χ1n) is 8.14. The molecule has 0 spiro atoms. The van der Waals surface area contributed by atoms with Crippen LogP contribution in [0, 0.1) is 0 Å². The van der Waals surface area contributed by atoms with Crippen LogP contribution in [0.25, 0.3) is 0 Å². The van der Waals surface area contributed by atoms with Crippen LogP contribution in [-0.4, -0.2) is 55.1 Å². The van der Waals surface area contributed by atoms with Crippen molar-refractivity contribution in [2.45, 2.75) is 19.4 Å². The molecule has 1 atom stereocenters. The Morgan fingerprint density at radius 1 is 1.19 bits per heavy atom. The monoisotopic (exact) mass is 377 g/mol. The summed E-state index contributed by atoms with van der Waals surface area (Å²) < 4.78 is 22.9. The van der Waals surface area contributed by atoms with E-state index >= 15 is 0 Å². The molecular weight excluding hydrogens is 358 g/mol. The van der Waals surface area contributed by atoms with Crippen molar-refractivity contribution < 1.29 is 22.8 Å². The van der Waals surface area contributed by atoms with Crippen LogP contribution < -0.4 is 10.6 Å². The minimum Gasteiger partial charge on any atom is -0.357 e. The van der Waals surface area contributed by atoms with Crippen molar-refractivity contribution in [2.24, 2.45) is 0 Å². The van der Waals surface area contributed by atoms with Gasteiger partial charge in [-0.3, -0.25) is 19.3 Å². The van der Waals surface area contributed by atoms with Crippen LogP contribution >= 0.6 is 0 Å². The molecule has 1 aromatic rings. The normalized spacial score (nSPS) is 21.4. The molecule has 9 heteroatoms. The summed E-state index contributed by atoms with van der Waals surface area (Å²) in [6, 6.07) is 6.24. The molecule has 26 heavy (non-hydrogen) atoms. The van der Waals surface area contributed by atoms with Crippen LogP contribution in [0.4, 0.5) is 5.69 Å². The van der Waals surface area contributed by atoms with Crippen molar-refractivity contribution in [3.8, 4) is 0 Å². The van der Waals surface area contributed by atoms with E-state index < -0.39 is 9.84 Å². The molecule has 1 aromatic carbocycles. The van der Waals surface area contributed by atoms with E-state index in [1.807, 2.05) is 0 Å². The fraction of sp³-hybridized carbons (Fsp3) is 0.353. The molecule has 1 saturated heterocycles. The Morgan fingerprint density at radius 3 is 2.42 bits per heavy atom. The summed E-state index contributed by atoms with van der Waals surface area (Å²) in [4.78, 5) is 36.3. The molecule has 1 fully saturated rings. The standard InChI is InChI=1S/C17H19N3O5S/c1-11(21)20-9-15(8-16(20)22)18-13-4-2-12(3-5-13)17(23)19-14-6-7-26(24,25)10-14/h2-5,8,14,18H,6-7,9-10H2,1H3,(H,19,23). The van der Waals surface area contributed by atoms with E-state index in [9.17, 15) is 22.8 Å². The molecule has 0 aliphatic carbocycles. The SMILES string of the molecule is CC(=O)N1CC(Nc2ccc(C(=O)NC3CCS(=O)(=O)C3)cc2)=CC1=O. The van der Waals surface area contributed by atoms with Crippen molar-refractivity contribution in [1.82, 2.24) is 10.2 Å². The summed E-state index contributed by atoms with van der Waals surface area (Å²) in [7, 11) is -3.05. The van der Waals surface area contributed by atoms with Gasteiger partial charge in [-0.15, -0.1) is 0 Å². The fourth-order valence-electron chi connectivity index (χ4n) is 2.93. The molecule has 2 aliphatic heterocycles. The van der Waals surface area contributed by atoms with E-state index in [0.29, 0.717) is 23.4 Å². The third-order valence-electron chi connectivity index (χ3n) is 4.29. The molecule has 2 heterocycles. The zero-order chi connectivity index (χ0) is 18.9. The van der Waals surface area contributed by atoms with E-state index in [1.54, 1.807) is 24.3 Å². The second-order valence-electron chi connectivity index (χ2n) is 6.39. The van der Waals surface area contributed by atoms with E-state index in [1.165, 1.54) is 13.0 Å². The van der Waals surface area contributed by atoms with Gasteiger partial charge in [-0.05, 0) is 30.7 Å². The molecule has 138 valence electrons. The Bertz CT molecular complexity index is 889. The van der Waals surface area contributed by atoms with Gasteiger partial charge < -0.3 is 10.6 Å². The number of nitrogens with one attached hydrogen (secondary N) is 2. The molecule has 8 nitrogen and oxygen atoms in total. The molecule has 2 aliphatic rings. The average Bonchev–Trinajstić information content (AvgIpc) is 3.10. The summed E-state index contributed by atoms with van der Waals surface area (Å²) in [5, 5.41) is 5.77. The Labute approximate surface area is 151 Å². The average molecular weight is 377 g/mol. The maximum atomic E-state index is 12.2. The first kappa shape index (κ1) is 18.1. The van der Waals surface area contributed by atoms with Gasteiger partial charge in [-0.25, -0.2) is 8.42 Å². The number of benzene rings is 1. The number of carbonyl (C=O) groups is 3. The van der Waals surface area contributed by atoms with Gasteiger partial charge in [0, 0.05) is 36.0 Å². The van der Waals surface area contributed by atoms with Gasteiger partial charge in [-0.2, -0.15) is 0 Å². The highest BCUT2D eigenvalue weighted by Crippen LogP contribution is 2.17. The van der Waals surface area contributed by atoms with Gasteiger partial charge in [0.1, 0.15) is 0 Å². The van der Waals surface area contributed by atoms with E-state index in [-0.39, 0.29) is 41.8 Å². The van der Waals surface area contributed by atoms with Gasteiger partial charge in [0.2, 0.25) is 5.91 Å². The number of hydrogen-bond acceptors (Lipinski definition) is 6. The largest absolute Gasteiger partial charge is 0.357 e. The molecule has 2 N–H and O–H groups in total. The first-order chi connectivity index (χ1) is 12.2. The number of nitrogens with zero attached hydrogens (tertiary/aromatic N) is 1. The van der Waals surface area contributed by atoms with Crippen LogP contribution in [0.5, 0.6) is 0 Å². The molecule has 3 rings (SSSR count). The van der Waals surface area contributed by atoms with Crippen LogP contribution in [0.2, 0.25) is 0 Å². The number of carbonyl (C=O) groups excluding carboxylic acids is 3. The van der Waals surface area contributed by atoms with Gasteiger partial charge in [-0.1, -0.05) is 0 Å². The molecule has 0 saturated carbocycles. The van der Waals surface area contributed by atoms with E-state index in [0.717, 1.165) is 4.90 Å². The number of sulfone groups is 1. The first-order valence-corrected chi connectivity index (χ1v) is 9.97. The minimum absolute atomic E-state index is 0.0206. The smallest absolute Gasteiger partial charge is 0.255 e. The van der Waals surface area contributed by atoms with Crippen LogP contribution in [0.3, 0.4) is 0 Å². The summed E-state index contributed by atoms with van der Waals surface area (Å²) >= 11 is 0. The van der Waals surface area contributed by atoms with E-state index in [4.69, 9.17) is 0 Å². The lowest BCUT2D eigenvalue weighted by atomic mass is 10.1. The van der Waals surface area contributed by atoms with Crippen molar-refractivity contribution in [3.63, 3.8) is 0 Å². The maximum Gasteiger partial charge on any atom is 0.255 e. The molecule has 0 bridgehead atoms. The summed E-state index contributed by atoms with van der Waals surface area (Å²) in [6.45, 7) is 1.52. The lowest BCUT2D eigenvalue weighted by molar-refractivity contribution is -0.138. The number of amides is 3. The van der Waals surface area contributed by atoms with Gasteiger partial charge in [0.05, 0.1) is 18.1 Å². The van der Waals surface area contributed by atoms with E-state index in [2.05, 4.69) is 10.6 Å². The molecule has 3 amide bonds. The van der Waals surface area contributed by atoms with Crippen molar-refractivity contribution in [1.29, 1.82) is 0 Å². The quantitative estimate of drug-likeness (QED) is 0.780. The van der Waals surface area contributed by atoms with Crippen molar-refractivity contribution in [2.75, 3.05) is 23.4 Å². The maximum absolute atomic E-state index is 12.2. The predicted molar refractivity (Wildman–Crippen MR) is 95.1 cm³/mol. The number of anilines is 1. The third kappa shape index (κ3) is 4.10. The fourth-order valence-corrected chi connectivity index (χ4v) is 4.60. The highest BCUT2D eigenvalue weighted by Gasteiger charge is 2.29. The highest BCUT2D eigenvalue weighted by molar-refractivity contribution is 7.91. The van der Waals surface area contributed by atoms with Crippen LogP contribution in [0.15, 0.2) is 36.0 Å². The highest BCUT2D eigenvalue weighted by atomic mass is 32.2. The van der Waals surface area contributed by atoms with Crippen LogP contribution in [-0.2, 0) is 19.4 Å². The lowest BCUT2D eigenvalue weighted by Gasteiger charge is -2.13. The van der Waals surface area contributed by atoms with Gasteiger partial charge in [0.15, 0.2) is 9.84 Å². The number of hydrogen-bond donors (Lipinski definition) is 2. The number of rotatable bonds is 4. The Kier molecular flexibility index (Phi) is 4.82. The zero-order valence-corrected chi connectivity index (χ0v) is 15.0. The minimum atomic E-state index is -3.05. The van der Waals surface area contributed by atoms with Gasteiger partial charge in [0.25, 0.3) is 11.8 Å². The molecule has 0 radical (unpaired) electrons. The Hall–Kier alpha value is -2.68. The summed E-state index contributed by atoms with van der Waals surface area (Å²) in [5.74, 6) is -0.915. The van der Waals surface area contributed by atoms with Crippen LogP contribution in [0.1, 0.15) is 23.7 Å². The zero-order valence-electron chi connectivity index (χ0n) is 14.2. The van der Waals surface area contributed by atoms with Gasteiger partial charge >= 0.3 is 0 Å².